The van der Waals surface area contributed by atoms with Crippen molar-refractivity contribution in [3.8, 4) is 5.75 Å². The molecule has 0 aliphatic heterocycles. The molecule has 0 fully saturated rings. The van der Waals surface area contributed by atoms with Crippen molar-refractivity contribution in [3.05, 3.63) is 84.9 Å². The van der Waals surface area contributed by atoms with Crippen LogP contribution in [0.2, 0.25) is 0 Å². The van der Waals surface area contributed by atoms with E-state index in [2.05, 4.69) is 24.3 Å². The number of hydrogen-bond acceptors (Lipinski definition) is 5. The average Bonchev–Trinajstić information content (AvgIpc) is 2.82. The molecule has 0 saturated heterocycles. The molecule has 1 unspecified atom stereocenters. The third-order valence-corrected chi connectivity index (χ3v) is 7.03. The van der Waals surface area contributed by atoms with Gasteiger partial charge in [-0.2, -0.15) is 0 Å². The number of hydrogen-bond donors (Lipinski definition) is 0. The van der Waals surface area contributed by atoms with Gasteiger partial charge in [0.25, 0.3) is 0 Å². The molecule has 0 aromatic heterocycles. The number of halogens is 1. The Balaban J connectivity index is 1.56. The van der Waals surface area contributed by atoms with Gasteiger partial charge in [-0.3, -0.25) is 4.79 Å². The largest absolute Gasteiger partial charge is 0.482 e. The smallest absolute Gasteiger partial charge is 0.344 e. The Kier molecular flexibility index (Phi) is 9.43. The van der Waals surface area contributed by atoms with Crippen molar-refractivity contribution in [3.63, 3.8) is 0 Å². The molecule has 0 spiro atoms. The van der Waals surface area contributed by atoms with Crippen LogP contribution in [0.15, 0.2) is 99.6 Å². The second kappa shape index (κ2) is 12.5. The van der Waals surface area contributed by atoms with E-state index in [4.69, 9.17) is 14.2 Å². The normalized spacial score (nSPS) is 11.6. The van der Waals surface area contributed by atoms with Crippen molar-refractivity contribution >= 4 is 45.4 Å². The number of carbonyl (C=O) groups excluding carboxylic acids is 2. The summed E-state index contributed by atoms with van der Waals surface area (Å²) in [4.78, 5) is 26.8. The Morgan fingerprint density at radius 2 is 1.28 bits per heavy atom. The maximum atomic E-state index is 11.9. The van der Waals surface area contributed by atoms with E-state index in [-0.39, 0.29) is 40.6 Å². The van der Waals surface area contributed by atoms with E-state index >= 15 is 0 Å². The van der Waals surface area contributed by atoms with Crippen LogP contribution in [0.4, 0.5) is 0 Å². The van der Waals surface area contributed by atoms with Crippen LogP contribution in [0.25, 0.3) is 0 Å². The number of benzene rings is 3. The van der Waals surface area contributed by atoms with E-state index in [0.29, 0.717) is 5.75 Å². The molecule has 0 radical (unpaired) electrons. The van der Waals surface area contributed by atoms with Crippen LogP contribution in [0, 0.1) is 0 Å². The molecule has 0 aliphatic rings. The van der Waals surface area contributed by atoms with Crippen LogP contribution in [0.3, 0.4) is 0 Å². The molecular weight excluding hydrogens is 539 g/mol. The quantitative estimate of drug-likeness (QED) is 0.113. The van der Waals surface area contributed by atoms with Crippen molar-refractivity contribution in [1.82, 2.24) is 0 Å². The van der Waals surface area contributed by atoms with Gasteiger partial charge in [-0.05, 0) is 55.5 Å². The first-order valence-electron chi connectivity index (χ1n) is 10.1. The Hall–Kier alpha value is -2.52. The van der Waals surface area contributed by atoms with Gasteiger partial charge in [0, 0.05) is 0 Å². The molecular formula is C25H24IO5S+. The van der Waals surface area contributed by atoms with E-state index in [1.54, 1.807) is 6.92 Å². The van der Waals surface area contributed by atoms with Crippen molar-refractivity contribution in [2.45, 2.75) is 25.5 Å². The van der Waals surface area contributed by atoms with E-state index in [1.165, 1.54) is 9.79 Å². The third kappa shape index (κ3) is 7.27. The fourth-order valence-corrected chi connectivity index (χ4v) is 5.05. The highest BCUT2D eigenvalue weighted by Crippen LogP contribution is 2.31. The summed E-state index contributed by atoms with van der Waals surface area (Å²) in [6, 6.07) is 28.5. The molecule has 0 aliphatic carbocycles. The van der Waals surface area contributed by atoms with E-state index in [9.17, 15) is 9.59 Å². The standard InChI is InChI=1S/C25H24IO5S/c1-19(26)25(28)30-17-16-29-24(27)18-31-20-12-14-23(15-13-20)32(21-8-4-2-5-9-21)22-10-6-3-7-11-22/h2-15,19H,16-18H2,1H3/q+1. The fraction of sp³-hybridized carbons (Fsp3) is 0.200. The summed E-state index contributed by atoms with van der Waals surface area (Å²) in [7, 11) is -0.238. The lowest BCUT2D eigenvalue weighted by Crippen LogP contribution is -2.20. The van der Waals surface area contributed by atoms with Crippen LogP contribution in [-0.4, -0.2) is 35.7 Å². The monoisotopic (exact) mass is 563 g/mol. The highest BCUT2D eigenvalue weighted by molar-refractivity contribution is 14.1. The van der Waals surface area contributed by atoms with Gasteiger partial charge >= 0.3 is 11.9 Å². The Bertz CT molecular complexity index is 954. The number of ether oxygens (including phenoxy) is 3. The van der Waals surface area contributed by atoms with Crippen LogP contribution in [-0.2, 0) is 30.0 Å². The lowest BCUT2D eigenvalue weighted by atomic mass is 10.3. The molecule has 5 nitrogen and oxygen atoms in total. The predicted octanol–water partition coefficient (Wildman–Crippen LogP) is 5.07. The maximum absolute atomic E-state index is 11.9. The minimum Gasteiger partial charge on any atom is -0.482 e. The molecule has 7 heteroatoms. The molecule has 3 aromatic rings. The molecule has 0 N–H and O–H groups in total. The zero-order valence-electron chi connectivity index (χ0n) is 17.6. The number of alkyl halides is 1. The van der Waals surface area contributed by atoms with Gasteiger partial charge in [-0.25, -0.2) is 4.79 Å². The first-order chi connectivity index (χ1) is 15.5. The summed E-state index contributed by atoms with van der Waals surface area (Å²) in [5.41, 5.74) is 0. The second-order valence-corrected chi connectivity index (χ2v) is 10.6. The lowest BCUT2D eigenvalue weighted by molar-refractivity contribution is -0.152. The number of rotatable bonds is 10. The Morgan fingerprint density at radius 3 is 1.81 bits per heavy atom. The minimum absolute atomic E-state index is 0.00713. The summed E-state index contributed by atoms with van der Waals surface area (Å²) < 4.78 is 15.3. The zero-order valence-corrected chi connectivity index (χ0v) is 20.6. The number of esters is 2. The Labute approximate surface area is 204 Å². The fourth-order valence-electron chi connectivity index (χ4n) is 2.79. The first-order valence-corrected chi connectivity index (χ1v) is 12.5. The molecule has 166 valence electrons. The molecule has 1 atom stereocenters. The maximum Gasteiger partial charge on any atom is 0.344 e. The van der Waals surface area contributed by atoms with Crippen molar-refractivity contribution in [1.29, 1.82) is 0 Å². The molecule has 32 heavy (non-hydrogen) atoms. The summed E-state index contributed by atoms with van der Waals surface area (Å²) in [5, 5.41) is 0. The van der Waals surface area contributed by atoms with E-state index < -0.39 is 5.97 Å². The predicted molar refractivity (Wildman–Crippen MR) is 132 cm³/mol. The van der Waals surface area contributed by atoms with Gasteiger partial charge in [0.2, 0.25) is 0 Å². The van der Waals surface area contributed by atoms with Crippen LogP contribution in [0.1, 0.15) is 6.92 Å². The SMILES string of the molecule is CC(I)C(=O)OCCOC(=O)COc1ccc([S+](c2ccccc2)c2ccccc2)cc1. The third-order valence-electron chi connectivity index (χ3n) is 4.29. The Morgan fingerprint density at radius 1 is 0.781 bits per heavy atom. The van der Waals surface area contributed by atoms with Gasteiger partial charge in [0.1, 0.15) is 22.9 Å². The van der Waals surface area contributed by atoms with Crippen LogP contribution in [0.5, 0.6) is 5.75 Å². The van der Waals surface area contributed by atoms with Gasteiger partial charge in [-0.1, -0.05) is 59.0 Å². The summed E-state index contributed by atoms with van der Waals surface area (Å²) in [6.07, 6.45) is 0. The molecule has 0 saturated carbocycles. The summed E-state index contributed by atoms with van der Waals surface area (Å²) >= 11 is 1.96. The molecule has 0 amide bonds. The van der Waals surface area contributed by atoms with Crippen LogP contribution < -0.4 is 4.74 Å². The molecule has 0 heterocycles. The van der Waals surface area contributed by atoms with Crippen molar-refractivity contribution < 1.29 is 23.8 Å². The van der Waals surface area contributed by atoms with Crippen LogP contribution >= 0.6 is 22.6 Å². The summed E-state index contributed by atoms with van der Waals surface area (Å²) in [6.45, 7) is 1.57. The molecule has 3 aromatic carbocycles. The molecule has 3 rings (SSSR count). The van der Waals surface area contributed by atoms with Crippen molar-refractivity contribution in [2.24, 2.45) is 0 Å². The van der Waals surface area contributed by atoms with E-state index in [1.807, 2.05) is 83.3 Å². The van der Waals surface area contributed by atoms with Gasteiger partial charge in [-0.15, -0.1) is 0 Å². The van der Waals surface area contributed by atoms with Crippen molar-refractivity contribution in [2.75, 3.05) is 19.8 Å². The van der Waals surface area contributed by atoms with E-state index in [0.717, 1.165) is 4.90 Å². The zero-order chi connectivity index (χ0) is 22.8. The highest BCUT2D eigenvalue weighted by atomic mass is 127. The first kappa shape index (κ1) is 24.1. The number of carbonyl (C=O) groups is 2. The van der Waals surface area contributed by atoms with Gasteiger partial charge < -0.3 is 14.2 Å². The lowest BCUT2D eigenvalue weighted by Gasteiger charge is -2.10. The molecule has 0 bridgehead atoms. The van der Waals surface area contributed by atoms with Gasteiger partial charge in [0.05, 0.1) is 10.9 Å². The topological polar surface area (TPSA) is 61.8 Å². The highest BCUT2D eigenvalue weighted by Gasteiger charge is 2.28. The average molecular weight is 563 g/mol. The minimum atomic E-state index is -0.513. The second-order valence-electron chi connectivity index (χ2n) is 6.70. The summed E-state index contributed by atoms with van der Waals surface area (Å²) in [5.74, 6) is -0.260. The van der Waals surface area contributed by atoms with Gasteiger partial charge in [0.15, 0.2) is 21.3 Å².